The Bertz CT molecular complexity index is 406. The molecular formula is C10H14N2O3S2. The molecule has 0 aliphatic carbocycles. The van der Waals surface area contributed by atoms with Crippen LogP contribution in [-0.2, 0) is 0 Å². The van der Waals surface area contributed by atoms with Crippen LogP contribution in [0.3, 0.4) is 0 Å². The van der Waals surface area contributed by atoms with Gasteiger partial charge in [-0.25, -0.2) is 9.59 Å². The predicted octanol–water partition coefficient (Wildman–Crippen LogP) is 2.27. The molecule has 94 valence electrons. The molecule has 5 nitrogen and oxygen atoms in total. The molecule has 1 rings (SSSR count). The molecule has 0 spiro atoms. The van der Waals surface area contributed by atoms with Crippen LogP contribution in [-0.4, -0.2) is 47.6 Å². The topological polar surface area (TPSA) is 69.6 Å². The normalized spacial score (nSPS) is 10.0. The zero-order valence-electron chi connectivity index (χ0n) is 9.60. The maximum absolute atomic E-state index is 11.7. The predicted molar refractivity (Wildman–Crippen MR) is 71.3 cm³/mol. The average molecular weight is 274 g/mol. The number of amides is 2. The van der Waals surface area contributed by atoms with Crippen LogP contribution in [0.5, 0.6) is 0 Å². The van der Waals surface area contributed by atoms with E-state index in [1.54, 1.807) is 24.2 Å². The first-order chi connectivity index (χ1) is 8.06. The van der Waals surface area contributed by atoms with Crippen LogP contribution < -0.4 is 5.32 Å². The zero-order chi connectivity index (χ0) is 12.8. The minimum Gasteiger partial charge on any atom is -0.478 e. The maximum atomic E-state index is 11.7. The molecule has 17 heavy (non-hydrogen) atoms. The lowest BCUT2D eigenvalue weighted by Gasteiger charge is -2.16. The quantitative estimate of drug-likeness (QED) is 0.864. The van der Waals surface area contributed by atoms with Gasteiger partial charge in [0.2, 0.25) is 0 Å². The van der Waals surface area contributed by atoms with E-state index in [0.717, 1.165) is 5.75 Å². The molecule has 0 saturated carbocycles. The number of carbonyl (C=O) groups is 2. The van der Waals surface area contributed by atoms with Crippen LogP contribution in [0.25, 0.3) is 0 Å². The van der Waals surface area contributed by atoms with Gasteiger partial charge < -0.3 is 10.0 Å². The number of aromatic carboxylic acids is 1. The minimum absolute atomic E-state index is 0.126. The van der Waals surface area contributed by atoms with Crippen LogP contribution >= 0.6 is 23.1 Å². The fraction of sp³-hybridized carbons (Fsp3) is 0.400. The Balaban J connectivity index is 2.61. The highest BCUT2D eigenvalue weighted by Crippen LogP contribution is 2.23. The Hall–Kier alpha value is -1.21. The summed E-state index contributed by atoms with van der Waals surface area (Å²) in [4.78, 5) is 24.1. The lowest BCUT2D eigenvalue weighted by atomic mass is 10.3. The number of urea groups is 1. The van der Waals surface area contributed by atoms with Gasteiger partial charge >= 0.3 is 12.0 Å². The molecular weight excluding hydrogens is 260 g/mol. The third kappa shape index (κ3) is 3.94. The standard InChI is InChI=1S/C10H14N2O3S2/c1-12(4-6-16-2)10(15)11-8-7(9(13)14)3-5-17-8/h3,5H,4,6H2,1-2H3,(H,11,15)(H,13,14). The number of anilines is 1. The van der Waals surface area contributed by atoms with E-state index in [0.29, 0.717) is 11.5 Å². The highest BCUT2D eigenvalue weighted by molar-refractivity contribution is 7.98. The Morgan fingerprint density at radius 1 is 1.59 bits per heavy atom. The number of nitrogens with one attached hydrogen (secondary N) is 1. The largest absolute Gasteiger partial charge is 0.478 e. The molecule has 0 unspecified atom stereocenters. The molecule has 2 N–H and O–H groups in total. The van der Waals surface area contributed by atoms with Gasteiger partial charge in [-0.2, -0.15) is 11.8 Å². The highest BCUT2D eigenvalue weighted by Gasteiger charge is 2.15. The van der Waals surface area contributed by atoms with Gasteiger partial charge in [-0.1, -0.05) is 0 Å². The SMILES string of the molecule is CSCCN(C)C(=O)Nc1sccc1C(=O)O. The summed E-state index contributed by atoms with van der Waals surface area (Å²) in [6, 6.07) is 1.19. The van der Waals surface area contributed by atoms with Crippen molar-refractivity contribution in [3.05, 3.63) is 17.0 Å². The molecule has 1 heterocycles. The molecule has 7 heteroatoms. The van der Waals surface area contributed by atoms with Gasteiger partial charge in [0, 0.05) is 19.3 Å². The number of hydrogen-bond acceptors (Lipinski definition) is 4. The first-order valence-electron chi connectivity index (χ1n) is 4.88. The van der Waals surface area contributed by atoms with Gasteiger partial charge in [-0.3, -0.25) is 5.32 Å². The van der Waals surface area contributed by atoms with Crippen LogP contribution in [0, 0.1) is 0 Å². The molecule has 0 bridgehead atoms. The number of rotatable bonds is 5. The molecule has 0 atom stereocenters. The fourth-order valence-corrected chi connectivity index (χ4v) is 2.32. The number of carboxylic acids is 1. The minimum atomic E-state index is -1.03. The summed E-state index contributed by atoms with van der Waals surface area (Å²) < 4.78 is 0. The number of thioether (sulfide) groups is 1. The van der Waals surface area contributed by atoms with Crippen LogP contribution in [0.2, 0.25) is 0 Å². The lowest BCUT2D eigenvalue weighted by Crippen LogP contribution is -2.33. The second-order valence-electron chi connectivity index (χ2n) is 3.31. The van der Waals surface area contributed by atoms with E-state index in [1.807, 2.05) is 6.26 Å². The van der Waals surface area contributed by atoms with Gasteiger partial charge in [0.1, 0.15) is 5.00 Å². The van der Waals surface area contributed by atoms with Crippen LogP contribution in [0.1, 0.15) is 10.4 Å². The Labute approximate surface area is 108 Å². The van der Waals surface area contributed by atoms with Gasteiger partial charge in [0.15, 0.2) is 0 Å². The molecule has 0 aliphatic rings. The van der Waals surface area contributed by atoms with Gasteiger partial charge in [-0.05, 0) is 17.7 Å². The molecule has 1 aromatic heterocycles. The van der Waals surface area contributed by atoms with Crippen molar-refractivity contribution in [2.45, 2.75) is 0 Å². The fourth-order valence-electron chi connectivity index (χ4n) is 1.10. The summed E-state index contributed by atoms with van der Waals surface area (Å²) in [6.45, 7) is 0.626. The van der Waals surface area contributed by atoms with Crippen molar-refractivity contribution >= 4 is 40.1 Å². The van der Waals surface area contributed by atoms with E-state index in [9.17, 15) is 9.59 Å². The van der Waals surface area contributed by atoms with E-state index in [1.165, 1.54) is 22.3 Å². The third-order valence-corrected chi connectivity index (χ3v) is 3.51. The van der Waals surface area contributed by atoms with E-state index >= 15 is 0 Å². The van der Waals surface area contributed by atoms with E-state index in [4.69, 9.17) is 5.11 Å². The summed E-state index contributed by atoms with van der Waals surface area (Å²) in [5.41, 5.74) is 0.126. The lowest BCUT2D eigenvalue weighted by molar-refractivity contribution is 0.0698. The summed E-state index contributed by atoms with van der Waals surface area (Å²) in [7, 11) is 1.68. The number of carbonyl (C=O) groups excluding carboxylic acids is 1. The Morgan fingerprint density at radius 2 is 2.29 bits per heavy atom. The van der Waals surface area contributed by atoms with Crippen molar-refractivity contribution in [1.82, 2.24) is 4.90 Å². The molecule has 1 aromatic rings. The number of hydrogen-bond donors (Lipinski definition) is 2. The molecule has 0 saturated heterocycles. The number of carboxylic acid groups (broad SMARTS) is 1. The Kier molecular flexibility index (Phi) is 5.30. The summed E-state index contributed by atoms with van der Waals surface area (Å²) in [5, 5.41) is 13.5. The van der Waals surface area contributed by atoms with E-state index in [2.05, 4.69) is 5.32 Å². The zero-order valence-corrected chi connectivity index (χ0v) is 11.2. The van der Waals surface area contributed by atoms with Crippen molar-refractivity contribution < 1.29 is 14.7 Å². The first kappa shape index (κ1) is 13.9. The van der Waals surface area contributed by atoms with Gasteiger partial charge in [0.05, 0.1) is 5.56 Å². The average Bonchev–Trinajstić information content (AvgIpc) is 2.73. The molecule has 0 aromatic carbocycles. The van der Waals surface area contributed by atoms with Crippen LogP contribution in [0.15, 0.2) is 11.4 Å². The summed E-state index contributed by atoms with van der Waals surface area (Å²) in [5.74, 6) is -0.187. The smallest absolute Gasteiger partial charge is 0.338 e. The maximum Gasteiger partial charge on any atom is 0.338 e. The van der Waals surface area contributed by atoms with Crippen molar-refractivity contribution in [2.24, 2.45) is 0 Å². The second kappa shape index (κ2) is 6.51. The molecule has 2 amide bonds. The molecule has 0 fully saturated rings. The molecule has 0 aliphatic heterocycles. The third-order valence-electron chi connectivity index (χ3n) is 2.09. The Morgan fingerprint density at radius 3 is 2.88 bits per heavy atom. The van der Waals surface area contributed by atoms with Crippen LogP contribution in [0.4, 0.5) is 9.80 Å². The second-order valence-corrected chi connectivity index (χ2v) is 5.21. The number of thiophene rings is 1. The van der Waals surface area contributed by atoms with Crippen molar-refractivity contribution in [1.29, 1.82) is 0 Å². The highest BCUT2D eigenvalue weighted by atomic mass is 32.2. The monoisotopic (exact) mass is 274 g/mol. The number of nitrogens with zero attached hydrogens (tertiary/aromatic N) is 1. The van der Waals surface area contributed by atoms with Gasteiger partial charge in [0.25, 0.3) is 0 Å². The van der Waals surface area contributed by atoms with Gasteiger partial charge in [-0.15, -0.1) is 11.3 Å². The van der Waals surface area contributed by atoms with Crippen molar-refractivity contribution in [3.63, 3.8) is 0 Å². The summed E-state index contributed by atoms with van der Waals surface area (Å²) >= 11 is 2.85. The first-order valence-corrected chi connectivity index (χ1v) is 7.15. The van der Waals surface area contributed by atoms with Crippen molar-refractivity contribution in [3.8, 4) is 0 Å². The summed E-state index contributed by atoms with van der Waals surface area (Å²) in [6.07, 6.45) is 1.97. The molecule has 0 radical (unpaired) electrons. The van der Waals surface area contributed by atoms with E-state index < -0.39 is 5.97 Å². The van der Waals surface area contributed by atoms with Crippen molar-refractivity contribution in [2.75, 3.05) is 30.9 Å². The van der Waals surface area contributed by atoms with E-state index in [-0.39, 0.29) is 11.6 Å².